The van der Waals surface area contributed by atoms with E-state index >= 15 is 0 Å². The molecule has 1 aromatic carbocycles. The van der Waals surface area contributed by atoms with E-state index in [1.165, 1.54) is 5.56 Å². The maximum Gasteiger partial charge on any atom is 0.258 e. The fourth-order valence-electron chi connectivity index (χ4n) is 2.24. The molecule has 5 nitrogen and oxygen atoms in total. The van der Waals surface area contributed by atoms with Gasteiger partial charge in [-0.25, -0.2) is 0 Å². The van der Waals surface area contributed by atoms with Crippen LogP contribution in [0.25, 0.3) is 0 Å². The maximum absolute atomic E-state index is 11.8. The Balaban J connectivity index is 1.78. The molecule has 1 saturated heterocycles. The van der Waals surface area contributed by atoms with Gasteiger partial charge in [0.1, 0.15) is 5.75 Å². The van der Waals surface area contributed by atoms with Crippen LogP contribution in [0.3, 0.4) is 0 Å². The van der Waals surface area contributed by atoms with Gasteiger partial charge >= 0.3 is 0 Å². The summed E-state index contributed by atoms with van der Waals surface area (Å²) in [5, 5.41) is 5.61. The summed E-state index contributed by atoms with van der Waals surface area (Å²) < 4.78 is 5.52. The predicted octanol–water partition coefficient (Wildman–Crippen LogP) is 1.58. The molecule has 5 heteroatoms. The maximum atomic E-state index is 11.8. The quantitative estimate of drug-likeness (QED) is 0.865. The molecule has 0 saturated carbocycles. The molecule has 1 aliphatic rings. The molecule has 1 aliphatic heterocycles. The first kappa shape index (κ1) is 15.4. The lowest BCUT2D eigenvalue weighted by atomic mass is 10.0. The standard InChI is InChI=1S/C16H22N2O3/c1-11(2)12-4-3-5-14(8-12)21-10-16(20)18-13-6-7-15(19)17-9-13/h3-5,8,11,13H,6-7,9-10H2,1-2H3,(H,17,19)(H,18,20). The zero-order valence-electron chi connectivity index (χ0n) is 12.5. The average molecular weight is 290 g/mol. The van der Waals surface area contributed by atoms with Gasteiger partial charge in [0.2, 0.25) is 5.91 Å². The second-order valence-corrected chi connectivity index (χ2v) is 5.62. The Morgan fingerprint density at radius 2 is 2.29 bits per heavy atom. The average Bonchev–Trinajstić information content (AvgIpc) is 2.48. The minimum atomic E-state index is -0.161. The summed E-state index contributed by atoms with van der Waals surface area (Å²) in [5.74, 6) is 1.01. The van der Waals surface area contributed by atoms with Gasteiger partial charge in [-0.2, -0.15) is 0 Å². The van der Waals surface area contributed by atoms with E-state index < -0.39 is 0 Å². The molecule has 2 N–H and O–H groups in total. The van der Waals surface area contributed by atoms with Crippen LogP contribution in [-0.2, 0) is 9.59 Å². The van der Waals surface area contributed by atoms with Gasteiger partial charge in [-0.05, 0) is 30.0 Å². The van der Waals surface area contributed by atoms with Gasteiger partial charge in [0.15, 0.2) is 6.61 Å². The third kappa shape index (κ3) is 4.77. The number of piperidine rings is 1. The number of hydrogen-bond acceptors (Lipinski definition) is 3. The van der Waals surface area contributed by atoms with Gasteiger partial charge in [0.25, 0.3) is 5.91 Å². The van der Waals surface area contributed by atoms with E-state index in [9.17, 15) is 9.59 Å². The summed E-state index contributed by atoms with van der Waals surface area (Å²) in [6.07, 6.45) is 1.14. The lowest BCUT2D eigenvalue weighted by Gasteiger charge is -2.23. The van der Waals surface area contributed by atoms with Crippen LogP contribution in [0.5, 0.6) is 5.75 Å². The Kier molecular flexibility index (Phi) is 5.20. The highest BCUT2D eigenvalue weighted by molar-refractivity contribution is 5.79. The fourth-order valence-corrected chi connectivity index (χ4v) is 2.24. The van der Waals surface area contributed by atoms with Crippen LogP contribution < -0.4 is 15.4 Å². The molecule has 0 aliphatic carbocycles. The van der Waals surface area contributed by atoms with Crippen molar-refractivity contribution in [2.45, 2.75) is 38.6 Å². The van der Waals surface area contributed by atoms with Crippen molar-refractivity contribution in [3.05, 3.63) is 29.8 Å². The van der Waals surface area contributed by atoms with Crippen molar-refractivity contribution < 1.29 is 14.3 Å². The highest BCUT2D eigenvalue weighted by atomic mass is 16.5. The minimum absolute atomic E-state index is 0.000739. The summed E-state index contributed by atoms with van der Waals surface area (Å²) in [5.41, 5.74) is 1.18. The zero-order chi connectivity index (χ0) is 15.2. The number of amides is 2. The van der Waals surface area contributed by atoms with Crippen LogP contribution >= 0.6 is 0 Å². The molecule has 114 valence electrons. The van der Waals surface area contributed by atoms with Crippen LogP contribution in [0.15, 0.2) is 24.3 Å². The smallest absolute Gasteiger partial charge is 0.258 e. The molecule has 1 fully saturated rings. The Morgan fingerprint density at radius 1 is 1.48 bits per heavy atom. The second-order valence-electron chi connectivity index (χ2n) is 5.62. The molecule has 2 amide bonds. The van der Waals surface area contributed by atoms with Gasteiger partial charge in [0, 0.05) is 19.0 Å². The molecule has 1 aromatic rings. The number of rotatable bonds is 5. The molecule has 1 unspecified atom stereocenters. The monoisotopic (exact) mass is 290 g/mol. The lowest BCUT2D eigenvalue weighted by molar-refractivity contribution is -0.126. The summed E-state index contributed by atoms with van der Waals surface area (Å²) >= 11 is 0. The highest BCUT2D eigenvalue weighted by Gasteiger charge is 2.19. The summed E-state index contributed by atoms with van der Waals surface area (Å²) in [4.78, 5) is 22.9. The second kappa shape index (κ2) is 7.11. The number of carbonyl (C=O) groups is 2. The van der Waals surface area contributed by atoms with Crippen LogP contribution in [0.2, 0.25) is 0 Å². The van der Waals surface area contributed by atoms with Crippen LogP contribution in [-0.4, -0.2) is 31.0 Å². The number of carbonyl (C=O) groups excluding carboxylic acids is 2. The van der Waals surface area contributed by atoms with Crippen molar-refractivity contribution in [3.8, 4) is 5.75 Å². The van der Waals surface area contributed by atoms with Gasteiger partial charge in [-0.15, -0.1) is 0 Å². The molecule has 21 heavy (non-hydrogen) atoms. The number of nitrogens with one attached hydrogen (secondary N) is 2. The van der Waals surface area contributed by atoms with E-state index in [0.29, 0.717) is 31.1 Å². The summed E-state index contributed by atoms with van der Waals surface area (Å²) in [6, 6.07) is 7.78. The van der Waals surface area contributed by atoms with Crippen molar-refractivity contribution >= 4 is 11.8 Å². The van der Waals surface area contributed by atoms with Crippen LogP contribution in [0.4, 0.5) is 0 Å². The van der Waals surface area contributed by atoms with Crippen molar-refractivity contribution in [3.63, 3.8) is 0 Å². The molecule has 2 rings (SSSR count). The Morgan fingerprint density at radius 3 is 2.95 bits per heavy atom. The van der Waals surface area contributed by atoms with Crippen LogP contribution in [0.1, 0.15) is 38.2 Å². The molecule has 0 radical (unpaired) electrons. The first-order valence-electron chi connectivity index (χ1n) is 7.33. The molecule has 0 aromatic heterocycles. The molecule has 1 heterocycles. The van der Waals surface area contributed by atoms with E-state index in [2.05, 4.69) is 24.5 Å². The Hall–Kier alpha value is -2.04. The summed E-state index contributed by atoms with van der Waals surface area (Å²) in [6.45, 7) is 4.71. The van der Waals surface area contributed by atoms with E-state index in [1.807, 2.05) is 24.3 Å². The molecule has 0 bridgehead atoms. The fraction of sp³-hybridized carbons (Fsp3) is 0.500. The van der Waals surface area contributed by atoms with Gasteiger partial charge in [0.05, 0.1) is 0 Å². The minimum Gasteiger partial charge on any atom is -0.484 e. The van der Waals surface area contributed by atoms with Crippen molar-refractivity contribution in [1.82, 2.24) is 10.6 Å². The normalized spacial score (nSPS) is 18.2. The molecule has 0 spiro atoms. The highest BCUT2D eigenvalue weighted by Crippen LogP contribution is 2.19. The van der Waals surface area contributed by atoms with E-state index in [0.717, 1.165) is 0 Å². The third-order valence-corrected chi connectivity index (χ3v) is 3.53. The van der Waals surface area contributed by atoms with E-state index in [1.54, 1.807) is 0 Å². The number of ether oxygens (including phenoxy) is 1. The Bertz CT molecular complexity index is 504. The van der Waals surface area contributed by atoms with Gasteiger partial charge in [-0.3, -0.25) is 9.59 Å². The number of hydrogen-bond donors (Lipinski definition) is 2. The molecular weight excluding hydrogens is 268 g/mol. The topological polar surface area (TPSA) is 67.4 Å². The third-order valence-electron chi connectivity index (χ3n) is 3.53. The Labute approximate surface area is 125 Å². The first-order valence-corrected chi connectivity index (χ1v) is 7.33. The SMILES string of the molecule is CC(C)c1cccc(OCC(=O)NC2CCC(=O)NC2)c1. The summed E-state index contributed by atoms with van der Waals surface area (Å²) in [7, 11) is 0. The number of benzene rings is 1. The van der Waals surface area contributed by atoms with Gasteiger partial charge in [-0.1, -0.05) is 26.0 Å². The van der Waals surface area contributed by atoms with E-state index in [4.69, 9.17) is 4.74 Å². The van der Waals surface area contributed by atoms with Gasteiger partial charge < -0.3 is 15.4 Å². The molecular formula is C16H22N2O3. The first-order chi connectivity index (χ1) is 10.0. The zero-order valence-corrected chi connectivity index (χ0v) is 12.5. The predicted molar refractivity (Wildman–Crippen MR) is 80.2 cm³/mol. The molecule has 1 atom stereocenters. The van der Waals surface area contributed by atoms with Crippen molar-refractivity contribution in [2.24, 2.45) is 0 Å². The van der Waals surface area contributed by atoms with Crippen molar-refractivity contribution in [1.29, 1.82) is 0 Å². The van der Waals surface area contributed by atoms with E-state index in [-0.39, 0.29) is 24.5 Å². The van der Waals surface area contributed by atoms with Crippen molar-refractivity contribution in [2.75, 3.05) is 13.2 Å². The lowest BCUT2D eigenvalue weighted by Crippen LogP contribution is -2.48. The van der Waals surface area contributed by atoms with Crippen LogP contribution in [0, 0.1) is 0 Å². The largest absolute Gasteiger partial charge is 0.484 e.